The minimum Gasteiger partial charge on any atom is -0.423 e. The Morgan fingerprint density at radius 2 is 1.32 bits per heavy atom. The molecule has 0 saturated carbocycles. The number of thiol groups is 1. The Morgan fingerprint density at radius 1 is 0.864 bits per heavy atom. The topological polar surface area (TPSA) is 9.23 Å². The smallest absolute Gasteiger partial charge is 0.423 e. The molecule has 0 fully saturated rings. The van der Waals surface area contributed by atoms with Crippen LogP contribution in [-0.4, -0.2) is 0 Å². The third-order valence-electron chi connectivity index (χ3n) is 2.83. The lowest BCUT2D eigenvalue weighted by Crippen LogP contribution is -2.24. The molecule has 1 nitrogen and oxygen atoms in total. The van der Waals surface area contributed by atoms with Crippen molar-refractivity contribution in [2.75, 3.05) is 0 Å². The predicted octanol–water partition coefficient (Wildman–Crippen LogP) is 4.97. The van der Waals surface area contributed by atoms with E-state index in [9.17, 15) is 26.3 Å². The van der Waals surface area contributed by atoms with Crippen LogP contribution in [0.5, 0.6) is 5.75 Å². The molecule has 0 atom stereocenters. The second-order valence-electron chi connectivity index (χ2n) is 4.42. The quantitative estimate of drug-likeness (QED) is 0.614. The molecule has 0 aliphatic rings. The van der Waals surface area contributed by atoms with Crippen LogP contribution in [-0.2, 0) is 6.11 Å². The fraction of sp³-hybridized carbons (Fsp3) is 0.143. The summed E-state index contributed by atoms with van der Waals surface area (Å²) in [6, 6.07) is 1.99. The van der Waals surface area contributed by atoms with Crippen molar-refractivity contribution in [2.24, 2.45) is 0 Å². The lowest BCUT2D eigenvalue weighted by Gasteiger charge is -2.19. The van der Waals surface area contributed by atoms with Crippen LogP contribution < -0.4 is 4.74 Å². The predicted molar refractivity (Wildman–Crippen MR) is 69.2 cm³/mol. The number of halogens is 6. The number of hydrogen-bond acceptors (Lipinski definition) is 2. The molecular weight excluding hydrogens is 330 g/mol. The van der Waals surface area contributed by atoms with E-state index in [1.165, 1.54) is 0 Å². The summed E-state index contributed by atoms with van der Waals surface area (Å²) >= 11 is 3.67. The molecule has 2 aromatic carbocycles. The summed E-state index contributed by atoms with van der Waals surface area (Å²) in [4.78, 5) is -0.141. The zero-order valence-corrected chi connectivity index (χ0v) is 11.8. The Morgan fingerprint density at radius 3 is 1.77 bits per heavy atom. The molecule has 22 heavy (non-hydrogen) atoms. The lowest BCUT2D eigenvalue weighted by atomic mass is 10.1. The van der Waals surface area contributed by atoms with Crippen LogP contribution in [0.1, 0.15) is 11.1 Å². The van der Waals surface area contributed by atoms with Gasteiger partial charge in [-0.2, -0.15) is 8.78 Å². The molecule has 0 aliphatic carbocycles. The second kappa shape index (κ2) is 5.75. The highest BCUT2D eigenvalue weighted by Crippen LogP contribution is 2.36. The van der Waals surface area contributed by atoms with Crippen molar-refractivity contribution in [3.05, 3.63) is 58.7 Å². The van der Waals surface area contributed by atoms with Gasteiger partial charge in [-0.15, -0.1) is 12.6 Å². The molecule has 118 valence electrons. The maximum absolute atomic E-state index is 13.9. The number of benzene rings is 2. The van der Waals surface area contributed by atoms with Crippen LogP contribution in [0, 0.1) is 30.2 Å². The van der Waals surface area contributed by atoms with Crippen LogP contribution in [0.2, 0.25) is 0 Å². The average molecular weight is 338 g/mol. The van der Waals surface area contributed by atoms with E-state index >= 15 is 0 Å². The van der Waals surface area contributed by atoms with Crippen LogP contribution in [0.25, 0.3) is 0 Å². The summed E-state index contributed by atoms with van der Waals surface area (Å²) in [6.07, 6.45) is -4.34. The van der Waals surface area contributed by atoms with E-state index < -0.39 is 46.3 Å². The van der Waals surface area contributed by atoms with Gasteiger partial charge < -0.3 is 4.74 Å². The van der Waals surface area contributed by atoms with Gasteiger partial charge in [-0.05, 0) is 31.2 Å². The van der Waals surface area contributed by atoms with Crippen molar-refractivity contribution in [3.63, 3.8) is 0 Å². The van der Waals surface area contributed by atoms with Gasteiger partial charge in [0.05, 0.1) is 5.56 Å². The van der Waals surface area contributed by atoms with Gasteiger partial charge >= 0.3 is 6.11 Å². The SMILES string of the molecule is Cc1c(F)cc(C(F)(F)Oc2c(F)cc(S)cc2F)cc1F. The fourth-order valence-electron chi connectivity index (χ4n) is 1.64. The van der Waals surface area contributed by atoms with Gasteiger partial charge in [0, 0.05) is 10.5 Å². The van der Waals surface area contributed by atoms with Crippen LogP contribution in [0.3, 0.4) is 0 Å². The van der Waals surface area contributed by atoms with Crippen molar-refractivity contribution in [1.29, 1.82) is 0 Å². The minimum atomic E-state index is -4.34. The number of hydrogen-bond donors (Lipinski definition) is 1. The molecule has 0 unspecified atom stereocenters. The van der Waals surface area contributed by atoms with Crippen LogP contribution >= 0.6 is 12.6 Å². The highest BCUT2D eigenvalue weighted by molar-refractivity contribution is 7.80. The largest absolute Gasteiger partial charge is 0.427 e. The Balaban J connectivity index is 2.44. The van der Waals surface area contributed by atoms with Gasteiger partial charge in [-0.3, -0.25) is 0 Å². The molecule has 0 aliphatic heterocycles. The monoisotopic (exact) mass is 338 g/mol. The van der Waals surface area contributed by atoms with E-state index in [1.807, 2.05) is 0 Å². The van der Waals surface area contributed by atoms with E-state index in [1.54, 1.807) is 0 Å². The van der Waals surface area contributed by atoms with Gasteiger partial charge in [-0.1, -0.05) is 0 Å². The lowest BCUT2D eigenvalue weighted by molar-refractivity contribution is -0.188. The molecule has 0 radical (unpaired) electrons. The van der Waals surface area contributed by atoms with E-state index in [0.29, 0.717) is 24.3 Å². The van der Waals surface area contributed by atoms with Crippen LogP contribution in [0.4, 0.5) is 26.3 Å². The van der Waals surface area contributed by atoms with Crippen LogP contribution in [0.15, 0.2) is 29.2 Å². The standard InChI is InChI=1S/C14H8F6OS/c1-6-9(15)2-7(3-10(6)16)14(19,20)21-13-11(17)4-8(22)5-12(13)18/h2-5,22H,1H3. The zero-order valence-electron chi connectivity index (χ0n) is 10.9. The number of rotatable bonds is 3. The van der Waals surface area contributed by atoms with Crippen molar-refractivity contribution in [3.8, 4) is 5.75 Å². The highest BCUT2D eigenvalue weighted by atomic mass is 32.1. The van der Waals surface area contributed by atoms with Crippen molar-refractivity contribution in [2.45, 2.75) is 17.9 Å². The summed E-state index contributed by atoms with van der Waals surface area (Å²) in [5.41, 5.74) is -1.67. The summed E-state index contributed by atoms with van der Waals surface area (Å²) in [5.74, 6) is -6.67. The summed E-state index contributed by atoms with van der Waals surface area (Å²) in [5, 5.41) is 0. The second-order valence-corrected chi connectivity index (χ2v) is 4.94. The summed E-state index contributed by atoms with van der Waals surface area (Å²) < 4.78 is 85.4. The Hall–Kier alpha value is -1.83. The van der Waals surface area contributed by atoms with E-state index in [2.05, 4.69) is 17.4 Å². The Bertz CT molecular complexity index is 685. The van der Waals surface area contributed by atoms with Gasteiger partial charge in [-0.25, -0.2) is 17.6 Å². The maximum atomic E-state index is 13.9. The normalized spacial score (nSPS) is 11.6. The first-order valence-corrected chi connectivity index (χ1v) is 6.27. The minimum absolute atomic E-state index is 0.141. The molecule has 0 spiro atoms. The van der Waals surface area contributed by atoms with E-state index in [4.69, 9.17) is 0 Å². The first kappa shape index (κ1) is 16.5. The molecule has 0 heterocycles. The van der Waals surface area contributed by atoms with Crippen molar-refractivity contribution in [1.82, 2.24) is 0 Å². The average Bonchev–Trinajstić information content (AvgIpc) is 2.39. The molecule has 0 saturated heterocycles. The molecule has 2 aromatic rings. The fourth-order valence-corrected chi connectivity index (χ4v) is 1.87. The number of alkyl halides is 2. The third-order valence-corrected chi connectivity index (χ3v) is 3.09. The zero-order chi connectivity index (χ0) is 16.7. The molecule has 0 aromatic heterocycles. The molecular formula is C14H8F6OS. The van der Waals surface area contributed by atoms with E-state index in [0.717, 1.165) is 6.92 Å². The van der Waals surface area contributed by atoms with Gasteiger partial charge in [0.15, 0.2) is 17.4 Å². The molecule has 8 heteroatoms. The third kappa shape index (κ3) is 3.16. The number of ether oxygens (including phenoxy) is 1. The molecule has 0 N–H and O–H groups in total. The van der Waals surface area contributed by atoms with Gasteiger partial charge in [0.1, 0.15) is 11.6 Å². The highest BCUT2D eigenvalue weighted by Gasteiger charge is 2.38. The first-order valence-electron chi connectivity index (χ1n) is 5.83. The molecule has 0 bridgehead atoms. The van der Waals surface area contributed by atoms with Crippen molar-refractivity contribution >= 4 is 12.6 Å². The first-order chi connectivity index (χ1) is 10.1. The van der Waals surface area contributed by atoms with Gasteiger partial charge in [0.25, 0.3) is 0 Å². The molecule has 2 rings (SSSR count). The Kier molecular flexibility index (Phi) is 4.32. The van der Waals surface area contributed by atoms with Gasteiger partial charge in [0.2, 0.25) is 0 Å². The summed E-state index contributed by atoms with van der Waals surface area (Å²) in [6.45, 7) is 1.05. The summed E-state index contributed by atoms with van der Waals surface area (Å²) in [7, 11) is 0. The maximum Gasteiger partial charge on any atom is 0.427 e. The van der Waals surface area contributed by atoms with Crippen molar-refractivity contribution < 1.29 is 31.1 Å². The Labute approximate surface area is 126 Å². The van der Waals surface area contributed by atoms with E-state index in [-0.39, 0.29) is 4.90 Å². The molecule has 0 amide bonds.